The van der Waals surface area contributed by atoms with E-state index < -0.39 is 0 Å². The Hall–Kier alpha value is -0.150. The van der Waals surface area contributed by atoms with Crippen LogP contribution >= 0.6 is 11.6 Å². The molecule has 0 atom stereocenters. The summed E-state index contributed by atoms with van der Waals surface area (Å²) in [5, 5.41) is 0. The van der Waals surface area contributed by atoms with Crippen molar-refractivity contribution in [3.8, 4) is 11.8 Å². The molecule has 0 spiro atoms. The van der Waals surface area contributed by atoms with Crippen molar-refractivity contribution in [3.63, 3.8) is 0 Å². The van der Waals surface area contributed by atoms with Gasteiger partial charge in [-0.3, -0.25) is 0 Å². The minimum absolute atomic E-state index is 0.478. The Bertz CT molecular complexity index is 96.9. The summed E-state index contributed by atoms with van der Waals surface area (Å²) in [6, 6.07) is 0. The van der Waals surface area contributed by atoms with Gasteiger partial charge in [0.15, 0.2) is 0 Å². The van der Waals surface area contributed by atoms with Crippen LogP contribution in [0.25, 0.3) is 0 Å². The van der Waals surface area contributed by atoms with Gasteiger partial charge < -0.3 is 0 Å². The third kappa shape index (κ3) is 7.85. The highest BCUT2D eigenvalue weighted by atomic mass is 35.5. The minimum Gasteiger partial charge on any atom is -0.113 e. The van der Waals surface area contributed by atoms with Crippen LogP contribution in [0.5, 0.6) is 0 Å². The van der Waals surface area contributed by atoms with E-state index >= 15 is 0 Å². The molecule has 1 heteroatoms. The molecule has 0 aliphatic carbocycles. The summed E-state index contributed by atoms with van der Waals surface area (Å²) < 4.78 is 0. The molecule has 0 aromatic rings. The predicted octanol–water partition coefficient (Wildman–Crippen LogP) is 2.81. The van der Waals surface area contributed by atoms with Crippen LogP contribution in [0.1, 0.15) is 32.6 Å². The summed E-state index contributed by atoms with van der Waals surface area (Å²) in [7, 11) is 0. The maximum absolute atomic E-state index is 5.34. The van der Waals surface area contributed by atoms with E-state index in [1.807, 2.05) is 0 Å². The second-order valence-electron chi connectivity index (χ2n) is 1.94. The molecule has 0 N–H and O–H groups in total. The highest BCUT2D eigenvalue weighted by Gasteiger charge is 1.79. The molecule has 0 nitrogen and oxygen atoms in total. The van der Waals surface area contributed by atoms with Crippen molar-refractivity contribution in [3.05, 3.63) is 0 Å². The SMILES string of the molecule is CCCCCC#CCCl. The Morgan fingerprint density at radius 2 is 2.00 bits per heavy atom. The Morgan fingerprint density at radius 3 is 2.56 bits per heavy atom. The van der Waals surface area contributed by atoms with Crippen LogP contribution in [0, 0.1) is 11.8 Å². The number of unbranched alkanes of at least 4 members (excludes halogenated alkanes) is 3. The fraction of sp³-hybridized carbons (Fsp3) is 0.750. The van der Waals surface area contributed by atoms with Gasteiger partial charge in [-0.25, -0.2) is 0 Å². The van der Waals surface area contributed by atoms with Crippen LogP contribution < -0.4 is 0 Å². The third-order valence-electron chi connectivity index (χ3n) is 1.10. The summed E-state index contributed by atoms with van der Waals surface area (Å²) in [6.45, 7) is 2.19. The van der Waals surface area contributed by atoms with Gasteiger partial charge in [0, 0.05) is 6.42 Å². The van der Waals surface area contributed by atoms with E-state index in [0.717, 1.165) is 6.42 Å². The summed E-state index contributed by atoms with van der Waals surface area (Å²) in [5.41, 5.74) is 0. The van der Waals surface area contributed by atoms with Gasteiger partial charge in [0.1, 0.15) is 0 Å². The largest absolute Gasteiger partial charge is 0.113 e. The predicted molar refractivity (Wildman–Crippen MR) is 42.6 cm³/mol. The quantitative estimate of drug-likeness (QED) is 0.325. The monoisotopic (exact) mass is 144 g/mol. The molecule has 0 aliphatic heterocycles. The van der Waals surface area contributed by atoms with E-state index in [9.17, 15) is 0 Å². The molecule has 0 aromatic carbocycles. The first-order valence-corrected chi connectivity index (χ1v) is 3.97. The zero-order valence-corrected chi connectivity index (χ0v) is 6.67. The average molecular weight is 145 g/mol. The van der Waals surface area contributed by atoms with Gasteiger partial charge in [-0.1, -0.05) is 25.7 Å². The molecule has 0 saturated carbocycles. The number of hydrogen-bond donors (Lipinski definition) is 0. The Labute approximate surface area is 62.6 Å². The Morgan fingerprint density at radius 1 is 1.22 bits per heavy atom. The number of rotatable bonds is 3. The molecule has 9 heavy (non-hydrogen) atoms. The van der Waals surface area contributed by atoms with Gasteiger partial charge in [-0.05, 0) is 6.42 Å². The Balaban J connectivity index is 2.90. The van der Waals surface area contributed by atoms with Crippen molar-refractivity contribution in [2.45, 2.75) is 32.6 Å². The molecule has 0 fully saturated rings. The molecule has 0 saturated heterocycles. The summed E-state index contributed by atoms with van der Waals surface area (Å²) >= 11 is 5.34. The van der Waals surface area contributed by atoms with E-state index in [4.69, 9.17) is 11.6 Å². The fourth-order valence-electron chi connectivity index (χ4n) is 0.599. The molecule has 0 rings (SSSR count). The molecular weight excluding hydrogens is 132 g/mol. The lowest BCUT2D eigenvalue weighted by Gasteiger charge is -1.87. The molecule has 0 radical (unpaired) electrons. The Kier molecular flexibility index (Phi) is 7.72. The highest BCUT2D eigenvalue weighted by molar-refractivity contribution is 6.19. The lowest BCUT2D eigenvalue weighted by Crippen LogP contribution is -1.71. The number of alkyl halides is 1. The fourth-order valence-corrected chi connectivity index (χ4v) is 0.694. The van der Waals surface area contributed by atoms with Crippen molar-refractivity contribution in [1.82, 2.24) is 0 Å². The van der Waals surface area contributed by atoms with E-state index in [0.29, 0.717) is 5.88 Å². The normalized spacial score (nSPS) is 8.22. The van der Waals surface area contributed by atoms with E-state index in [1.165, 1.54) is 19.3 Å². The molecule has 0 unspecified atom stereocenters. The maximum atomic E-state index is 5.34. The number of hydrogen-bond acceptors (Lipinski definition) is 0. The standard InChI is InChI=1S/C8H13Cl/c1-2-3-4-5-6-7-8-9/h2-5,8H2,1H3. The van der Waals surface area contributed by atoms with E-state index in [1.54, 1.807) is 0 Å². The van der Waals surface area contributed by atoms with Crippen LogP contribution in [0.3, 0.4) is 0 Å². The van der Waals surface area contributed by atoms with E-state index in [-0.39, 0.29) is 0 Å². The molecule has 0 aliphatic rings. The van der Waals surface area contributed by atoms with Crippen molar-refractivity contribution in [2.75, 3.05) is 5.88 Å². The second kappa shape index (κ2) is 7.85. The summed E-state index contributed by atoms with van der Waals surface area (Å²) in [6.07, 6.45) is 4.79. The molecule has 52 valence electrons. The zero-order valence-electron chi connectivity index (χ0n) is 5.91. The van der Waals surface area contributed by atoms with Crippen molar-refractivity contribution < 1.29 is 0 Å². The van der Waals surface area contributed by atoms with Crippen LogP contribution in [-0.4, -0.2) is 5.88 Å². The van der Waals surface area contributed by atoms with Crippen LogP contribution in [0.2, 0.25) is 0 Å². The van der Waals surface area contributed by atoms with Crippen molar-refractivity contribution in [1.29, 1.82) is 0 Å². The highest BCUT2D eigenvalue weighted by Crippen LogP contribution is 1.96. The average Bonchev–Trinajstić information content (AvgIpc) is 1.89. The summed E-state index contributed by atoms with van der Waals surface area (Å²) in [5.74, 6) is 6.29. The van der Waals surface area contributed by atoms with Gasteiger partial charge >= 0.3 is 0 Å². The van der Waals surface area contributed by atoms with Gasteiger partial charge in [0.25, 0.3) is 0 Å². The van der Waals surface area contributed by atoms with Crippen molar-refractivity contribution in [2.24, 2.45) is 0 Å². The van der Waals surface area contributed by atoms with Crippen LogP contribution in [0.4, 0.5) is 0 Å². The molecule has 0 bridgehead atoms. The maximum Gasteiger partial charge on any atom is 0.0835 e. The third-order valence-corrected chi connectivity index (χ3v) is 1.23. The first-order chi connectivity index (χ1) is 4.41. The van der Waals surface area contributed by atoms with E-state index in [2.05, 4.69) is 18.8 Å². The minimum atomic E-state index is 0.478. The first-order valence-electron chi connectivity index (χ1n) is 3.43. The topological polar surface area (TPSA) is 0 Å². The van der Waals surface area contributed by atoms with Gasteiger partial charge in [-0.15, -0.1) is 17.5 Å². The second-order valence-corrected chi connectivity index (χ2v) is 2.21. The lowest BCUT2D eigenvalue weighted by molar-refractivity contribution is 0.737. The van der Waals surface area contributed by atoms with Gasteiger partial charge in [-0.2, -0.15) is 0 Å². The molecule has 0 heterocycles. The molecule has 0 aromatic heterocycles. The molecule has 0 amide bonds. The van der Waals surface area contributed by atoms with Crippen LogP contribution in [-0.2, 0) is 0 Å². The zero-order chi connectivity index (χ0) is 6.95. The molecular formula is C8H13Cl. The summed E-state index contributed by atoms with van der Waals surface area (Å²) in [4.78, 5) is 0. The van der Waals surface area contributed by atoms with Gasteiger partial charge in [0.2, 0.25) is 0 Å². The van der Waals surface area contributed by atoms with Crippen LogP contribution in [0.15, 0.2) is 0 Å². The van der Waals surface area contributed by atoms with Gasteiger partial charge in [0.05, 0.1) is 5.88 Å². The number of halogens is 1. The van der Waals surface area contributed by atoms with Crippen molar-refractivity contribution >= 4 is 11.6 Å². The lowest BCUT2D eigenvalue weighted by atomic mass is 10.2. The first kappa shape index (κ1) is 8.85. The smallest absolute Gasteiger partial charge is 0.0835 e.